The van der Waals surface area contributed by atoms with Crippen LogP contribution in [0.1, 0.15) is 32.8 Å². The molecular formula is C14H19NO2. The largest absolute Gasteiger partial charge is 0.458 e. The third-order valence-electron chi connectivity index (χ3n) is 2.74. The number of hydrogen-bond donors (Lipinski definition) is 1. The highest BCUT2D eigenvalue weighted by Gasteiger charge is 2.28. The molecule has 3 heteroatoms. The van der Waals surface area contributed by atoms with Crippen molar-refractivity contribution in [1.82, 2.24) is 0 Å². The highest BCUT2D eigenvalue weighted by atomic mass is 16.6. The smallest absolute Gasteiger partial charge is 0.329 e. The van der Waals surface area contributed by atoms with Crippen LogP contribution in [0, 0.1) is 0 Å². The van der Waals surface area contributed by atoms with Crippen molar-refractivity contribution in [2.75, 3.05) is 5.32 Å². The molecule has 0 spiro atoms. The second-order valence-electron chi connectivity index (χ2n) is 5.43. The van der Waals surface area contributed by atoms with Crippen LogP contribution in [-0.4, -0.2) is 17.6 Å². The molecule has 17 heavy (non-hydrogen) atoms. The highest BCUT2D eigenvalue weighted by Crippen LogP contribution is 2.25. The fraction of sp³-hybridized carbons (Fsp3) is 0.500. The molecule has 1 aliphatic heterocycles. The Morgan fingerprint density at radius 3 is 2.76 bits per heavy atom. The van der Waals surface area contributed by atoms with Crippen LogP contribution in [0.2, 0.25) is 0 Å². The predicted molar refractivity (Wildman–Crippen MR) is 68.0 cm³/mol. The molecule has 1 N–H and O–H groups in total. The second-order valence-corrected chi connectivity index (χ2v) is 5.43. The molecule has 0 aliphatic carbocycles. The maximum Gasteiger partial charge on any atom is 0.329 e. The first kappa shape index (κ1) is 12.0. The summed E-state index contributed by atoms with van der Waals surface area (Å²) >= 11 is 0. The zero-order chi connectivity index (χ0) is 12.5. The van der Waals surface area contributed by atoms with Crippen LogP contribution in [0.3, 0.4) is 0 Å². The average molecular weight is 233 g/mol. The number of hydrogen-bond acceptors (Lipinski definition) is 3. The van der Waals surface area contributed by atoms with Crippen LogP contribution in [0.15, 0.2) is 24.3 Å². The van der Waals surface area contributed by atoms with E-state index in [-0.39, 0.29) is 12.0 Å². The van der Waals surface area contributed by atoms with Gasteiger partial charge in [0.1, 0.15) is 11.6 Å². The van der Waals surface area contributed by atoms with Gasteiger partial charge in [-0.05, 0) is 45.2 Å². The summed E-state index contributed by atoms with van der Waals surface area (Å²) in [6.07, 6.45) is 1.72. The van der Waals surface area contributed by atoms with E-state index in [4.69, 9.17) is 4.74 Å². The number of rotatable bonds is 1. The number of carbonyl (C=O) groups is 1. The molecule has 3 nitrogen and oxygen atoms in total. The van der Waals surface area contributed by atoms with Gasteiger partial charge in [-0.15, -0.1) is 0 Å². The molecule has 0 saturated carbocycles. The van der Waals surface area contributed by atoms with Gasteiger partial charge in [0.25, 0.3) is 0 Å². The zero-order valence-electron chi connectivity index (χ0n) is 10.6. The number of nitrogens with one attached hydrogen (secondary N) is 1. The Hall–Kier alpha value is -1.51. The van der Waals surface area contributed by atoms with E-state index in [1.807, 2.05) is 39.0 Å². The number of carbonyl (C=O) groups excluding carboxylic acids is 1. The Bertz CT molecular complexity index is 420. The molecule has 2 rings (SSSR count). The van der Waals surface area contributed by atoms with Crippen molar-refractivity contribution in [2.24, 2.45) is 0 Å². The molecule has 92 valence electrons. The van der Waals surface area contributed by atoms with E-state index in [1.165, 1.54) is 5.56 Å². The molecule has 0 amide bonds. The fourth-order valence-corrected chi connectivity index (χ4v) is 1.99. The minimum absolute atomic E-state index is 0.160. The van der Waals surface area contributed by atoms with E-state index in [9.17, 15) is 4.79 Å². The third kappa shape index (κ3) is 2.99. The lowest BCUT2D eigenvalue weighted by molar-refractivity contribution is -0.156. The Kier molecular flexibility index (Phi) is 3.09. The van der Waals surface area contributed by atoms with Crippen molar-refractivity contribution in [1.29, 1.82) is 0 Å². The Labute approximate surface area is 102 Å². The van der Waals surface area contributed by atoms with Crippen LogP contribution in [0.5, 0.6) is 0 Å². The molecule has 1 aliphatic rings. The quantitative estimate of drug-likeness (QED) is 0.758. The monoisotopic (exact) mass is 233 g/mol. The van der Waals surface area contributed by atoms with E-state index in [2.05, 4.69) is 11.4 Å². The Morgan fingerprint density at radius 2 is 2.06 bits per heavy atom. The summed E-state index contributed by atoms with van der Waals surface area (Å²) in [5.74, 6) is -0.160. The van der Waals surface area contributed by atoms with Gasteiger partial charge < -0.3 is 10.1 Å². The van der Waals surface area contributed by atoms with Crippen LogP contribution >= 0.6 is 0 Å². The summed E-state index contributed by atoms with van der Waals surface area (Å²) in [4.78, 5) is 11.9. The van der Waals surface area contributed by atoms with E-state index < -0.39 is 5.60 Å². The lowest BCUT2D eigenvalue weighted by atomic mass is 9.98. The number of esters is 1. The number of benzene rings is 1. The zero-order valence-corrected chi connectivity index (χ0v) is 10.6. The SMILES string of the molecule is CC(C)(C)OC(=O)[C@H]1CCc2ccccc2N1. The van der Waals surface area contributed by atoms with Gasteiger partial charge in [-0.1, -0.05) is 18.2 Å². The standard InChI is InChI=1S/C14H19NO2/c1-14(2,3)17-13(16)12-9-8-10-6-4-5-7-11(10)15-12/h4-7,12,15H,8-9H2,1-3H3/t12-/m1/s1. The molecular weight excluding hydrogens is 214 g/mol. The molecule has 1 aromatic rings. The minimum Gasteiger partial charge on any atom is -0.458 e. The van der Waals surface area contributed by atoms with E-state index in [0.717, 1.165) is 18.5 Å². The number of fused-ring (bicyclic) bond motifs is 1. The fourth-order valence-electron chi connectivity index (χ4n) is 1.99. The molecule has 0 fully saturated rings. The van der Waals surface area contributed by atoms with Crippen LogP contribution in [-0.2, 0) is 16.0 Å². The Balaban J connectivity index is 2.05. The molecule has 0 bridgehead atoms. The summed E-state index contributed by atoms with van der Waals surface area (Å²) < 4.78 is 5.39. The summed E-state index contributed by atoms with van der Waals surface area (Å²) in [6, 6.07) is 7.88. The lowest BCUT2D eigenvalue weighted by Gasteiger charge is -2.28. The molecule has 1 heterocycles. The maximum atomic E-state index is 11.9. The van der Waals surface area contributed by atoms with Gasteiger partial charge in [-0.3, -0.25) is 0 Å². The van der Waals surface area contributed by atoms with Crippen molar-refractivity contribution in [3.8, 4) is 0 Å². The van der Waals surface area contributed by atoms with Crippen molar-refractivity contribution < 1.29 is 9.53 Å². The van der Waals surface area contributed by atoms with E-state index in [0.29, 0.717) is 0 Å². The molecule has 1 atom stereocenters. The summed E-state index contributed by atoms with van der Waals surface area (Å²) in [5.41, 5.74) is 1.90. The van der Waals surface area contributed by atoms with Crippen molar-refractivity contribution in [3.63, 3.8) is 0 Å². The van der Waals surface area contributed by atoms with Gasteiger partial charge in [-0.25, -0.2) is 4.79 Å². The van der Waals surface area contributed by atoms with Crippen LogP contribution in [0.25, 0.3) is 0 Å². The molecule has 0 unspecified atom stereocenters. The summed E-state index contributed by atoms with van der Waals surface area (Å²) in [7, 11) is 0. The Morgan fingerprint density at radius 1 is 1.35 bits per heavy atom. The van der Waals surface area contributed by atoms with E-state index in [1.54, 1.807) is 0 Å². The maximum absolute atomic E-state index is 11.9. The first-order chi connectivity index (χ1) is 7.96. The number of ether oxygens (including phenoxy) is 1. The van der Waals surface area contributed by atoms with Crippen LogP contribution in [0.4, 0.5) is 5.69 Å². The summed E-state index contributed by atoms with van der Waals surface area (Å²) in [6.45, 7) is 5.67. The third-order valence-corrected chi connectivity index (χ3v) is 2.74. The number of aryl methyl sites for hydroxylation is 1. The van der Waals surface area contributed by atoms with Gasteiger partial charge in [0.05, 0.1) is 0 Å². The number of para-hydroxylation sites is 1. The lowest BCUT2D eigenvalue weighted by Crippen LogP contribution is -2.38. The van der Waals surface area contributed by atoms with Crippen LogP contribution < -0.4 is 5.32 Å². The van der Waals surface area contributed by atoms with Gasteiger partial charge in [0, 0.05) is 5.69 Å². The van der Waals surface area contributed by atoms with Gasteiger partial charge in [0.2, 0.25) is 0 Å². The predicted octanol–water partition coefficient (Wildman–Crippen LogP) is 2.76. The van der Waals surface area contributed by atoms with Gasteiger partial charge in [0.15, 0.2) is 0 Å². The normalized spacial score (nSPS) is 19.1. The topological polar surface area (TPSA) is 38.3 Å². The molecule has 0 aromatic heterocycles. The van der Waals surface area contributed by atoms with Crippen molar-refractivity contribution in [2.45, 2.75) is 45.3 Å². The van der Waals surface area contributed by atoms with Gasteiger partial charge >= 0.3 is 5.97 Å². The van der Waals surface area contributed by atoms with Crippen molar-refractivity contribution >= 4 is 11.7 Å². The van der Waals surface area contributed by atoms with Crippen molar-refractivity contribution in [3.05, 3.63) is 29.8 Å². The van der Waals surface area contributed by atoms with Gasteiger partial charge in [-0.2, -0.15) is 0 Å². The summed E-state index contributed by atoms with van der Waals surface area (Å²) in [5, 5.41) is 3.24. The first-order valence-electron chi connectivity index (χ1n) is 6.03. The first-order valence-corrected chi connectivity index (χ1v) is 6.03. The number of anilines is 1. The molecule has 0 radical (unpaired) electrons. The van der Waals surface area contributed by atoms with E-state index >= 15 is 0 Å². The second kappa shape index (κ2) is 4.40. The highest BCUT2D eigenvalue weighted by molar-refractivity contribution is 5.81. The average Bonchev–Trinajstić information content (AvgIpc) is 2.26. The molecule has 0 saturated heterocycles. The minimum atomic E-state index is -0.421. The molecule has 1 aromatic carbocycles.